The minimum Gasteiger partial charge on any atom is -0.478 e. The van der Waals surface area contributed by atoms with Crippen LogP contribution in [-0.4, -0.2) is 45.0 Å². The number of carboxylic acid groups (broad SMARTS) is 1. The van der Waals surface area contributed by atoms with Crippen molar-refractivity contribution in [2.24, 2.45) is 5.92 Å². The van der Waals surface area contributed by atoms with Gasteiger partial charge in [0, 0.05) is 23.7 Å². The molecular formula is C14H22O5S2. The average molecular weight is 334 g/mol. The van der Waals surface area contributed by atoms with Gasteiger partial charge in [-0.1, -0.05) is 31.5 Å². The molecule has 0 unspecified atom stereocenters. The molecule has 2 atom stereocenters. The summed E-state index contributed by atoms with van der Waals surface area (Å²) in [6.45, 7) is 3.07. The van der Waals surface area contributed by atoms with Crippen LogP contribution in [0.1, 0.15) is 39.5 Å². The highest BCUT2D eigenvalue weighted by Crippen LogP contribution is 2.30. The number of carbonyl (C=O) groups excluding carboxylic acids is 2. The lowest BCUT2D eigenvalue weighted by atomic mass is 10.2. The lowest BCUT2D eigenvalue weighted by molar-refractivity contribution is -0.164. The Bertz CT molecular complexity index is 380. The van der Waals surface area contributed by atoms with Crippen molar-refractivity contribution in [3.8, 4) is 0 Å². The Morgan fingerprint density at radius 1 is 1.24 bits per heavy atom. The summed E-state index contributed by atoms with van der Waals surface area (Å²) in [5.74, 6) is -1.55. The van der Waals surface area contributed by atoms with Crippen molar-refractivity contribution in [3.63, 3.8) is 0 Å². The molecule has 1 aliphatic carbocycles. The van der Waals surface area contributed by atoms with Crippen molar-refractivity contribution in [1.29, 1.82) is 0 Å². The topological polar surface area (TPSA) is 80.7 Å². The normalized spacial score (nSPS) is 18.2. The van der Waals surface area contributed by atoms with Crippen LogP contribution in [0.25, 0.3) is 0 Å². The molecule has 0 aromatic carbocycles. The maximum atomic E-state index is 11.8. The standard InChI is InChI=1S/C14H22O5S2/c1-9(7-20-10(2)15)14(18)19-12(13(16)17)8-21-11-5-3-4-6-11/h9,11-12H,3-8H2,1-2H3,(H,16,17)/t9-,12+/m1/s1. The van der Waals surface area contributed by atoms with E-state index in [2.05, 4.69) is 0 Å². The molecule has 0 bridgehead atoms. The molecule has 1 N–H and O–H groups in total. The molecule has 1 rings (SSSR count). The quantitative estimate of drug-likeness (QED) is 0.683. The van der Waals surface area contributed by atoms with Gasteiger partial charge in [0.15, 0.2) is 5.12 Å². The number of ether oxygens (including phenoxy) is 1. The second-order valence-electron chi connectivity index (χ2n) is 5.21. The van der Waals surface area contributed by atoms with E-state index in [9.17, 15) is 14.4 Å². The zero-order chi connectivity index (χ0) is 15.8. The molecule has 0 aliphatic heterocycles. The van der Waals surface area contributed by atoms with Gasteiger partial charge in [0.1, 0.15) is 0 Å². The summed E-state index contributed by atoms with van der Waals surface area (Å²) in [7, 11) is 0. The van der Waals surface area contributed by atoms with Crippen LogP contribution in [0.2, 0.25) is 0 Å². The third-order valence-corrected chi connectivity index (χ3v) is 5.77. The smallest absolute Gasteiger partial charge is 0.345 e. The van der Waals surface area contributed by atoms with E-state index in [-0.39, 0.29) is 10.9 Å². The second kappa shape index (κ2) is 9.35. The van der Waals surface area contributed by atoms with Crippen molar-refractivity contribution in [2.45, 2.75) is 50.9 Å². The maximum absolute atomic E-state index is 11.8. The predicted molar refractivity (Wildman–Crippen MR) is 84.5 cm³/mol. The average Bonchev–Trinajstić information content (AvgIpc) is 2.93. The summed E-state index contributed by atoms with van der Waals surface area (Å²) in [6.07, 6.45) is 3.49. The van der Waals surface area contributed by atoms with Gasteiger partial charge in [-0.25, -0.2) is 4.79 Å². The first-order chi connectivity index (χ1) is 9.90. The molecule has 0 aromatic heterocycles. The lowest BCUT2D eigenvalue weighted by Crippen LogP contribution is -2.32. The Balaban J connectivity index is 2.39. The zero-order valence-corrected chi connectivity index (χ0v) is 14.0. The first-order valence-electron chi connectivity index (χ1n) is 7.08. The first kappa shape index (κ1) is 18.4. The Labute approximate surface area is 133 Å². The number of hydrogen-bond donors (Lipinski definition) is 1. The van der Waals surface area contributed by atoms with Gasteiger partial charge < -0.3 is 9.84 Å². The number of thioether (sulfide) groups is 2. The fraction of sp³-hybridized carbons (Fsp3) is 0.786. The van der Waals surface area contributed by atoms with Crippen molar-refractivity contribution in [1.82, 2.24) is 0 Å². The first-order valence-corrected chi connectivity index (χ1v) is 9.12. The van der Waals surface area contributed by atoms with Crippen LogP contribution in [-0.2, 0) is 19.1 Å². The minimum atomic E-state index is -1.11. The number of aliphatic carboxylic acids is 1. The summed E-state index contributed by atoms with van der Waals surface area (Å²) in [5.41, 5.74) is 0. The predicted octanol–water partition coefficient (Wildman–Crippen LogP) is 2.57. The van der Waals surface area contributed by atoms with Crippen LogP contribution in [0, 0.1) is 5.92 Å². The van der Waals surface area contributed by atoms with Crippen LogP contribution < -0.4 is 0 Å². The Hall–Kier alpha value is -0.690. The van der Waals surface area contributed by atoms with Crippen molar-refractivity contribution in [2.75, 3.05) is 11.5 Å². The highest BCUT2D eigenvalue weighted by Gasteiger charge is 2.27. The fourth-order valence-electron chi connectivity index (χ4n) is 2.00. The molecule has 120 valence electrons. The van der Waals surface area contributed by atoms with Gasteiger partial charge in [-0.2, -0.15) is 11.8 Å². The maximum Gasteiger partial charge on any atom is 0.345 e. The van der Waals surface area contributed by atoms with Gasteiger partial charge in [0.2, 0.25) is 6.10 Å². The van der Waals surface area contributed by atoms with E-state index in [1.807, 2.05) is 0 Å². The molecule has 1 saturated carbocycles. The monoisotopic (exact) mass is 334 g/mol. The Kier molecular flexibility index (Phi) is 8.18. The molecule has 0 aromatic rings. The summed E-state index contributed by atoms with van der Waals surface area (Å²) < 4.78 is 5.08. The van der Waals surface area contributed by atoms with Gasteiger partial charge in [-0.15, -0.1) is 0 Å². The van der Waals surface area contributed by atoms with Gasteiger partial charge in [-0.3, -0.25) is 9.59 Å². The highest BCUT2D eigenvalue weighted by molar-refractivity contribution is 8.13. The third-order valence-electron chi connectivity index (χ3n) is 3.26. The van der Waals surface area contributed by atoms with E-state index in [4.69, 9.17) is 9.84 Å². The third kappa shape index (κ3) is 7.22. The van der Waals surface area contributed by atoms with E-state index in [1.165, 1.54) is 19.8 Å². The SMILES string of the molecule is CC(=O)SC[C@@H](C)C(=O)O[C@@H](CSC1CCCC1)C(=O)O. The van der Waals surface area contributed by atoms with E-state index >= 15 is 0 Å². The van der Waals surface area contributed by atoms with E-state index in [0.717, 1.165) is 24.6 Å². The van der Waals surface area contributed by atoms with E-state index in [0.29, 0.717) is 11.0 Å². The van der Waals surface area contributed by atoms with Crippen LogP contribution >= 0.6 is 23.5 Å². The van der Waals surface area contributed by atoms with Gasteiger partial charge >= 0.3 is 11.9 Å². The minimum absolute atomic E-state index is 0.0683. The molecule has 21 heavy (non-hydrogen) atoms. The summed E-state index contributed by atoms with van der Waals surface area (Å²) in [6, 6.07) is 0. The zero-order valence-electron chi connectivity index (χ0n) is 12.4. The number of rotatable bonds is 8. The molecule has 1 fully saturated rings. The van der Waals surface area contributed by atoms with Crippen molar-refractivity contribution in [3.05, 3.63) is 0 Å². The van der Waals surface area contributed by atoms with Crippen LogP contribution in [0.3, 0.4) is 0 Å². The lowest BCUT2D eigenvalue weighted by Gasteiger charge is -2.18. The number of esters is 1. The summed E-state index contributed by atoms with van der Waals surface area (Å²) >= 11 is 2.62. The fourth-order valence-corrected chi connectivity index (χ4v) is 3.95. The molecule has 0 saturated heterocycles. The molecule has 5 nitrogen and oxygen atoms in total. The molecule has 1 aliphatic rings. The molecule has 0 radical (unpaired) electrons. The van der Waals surface area contributed by atoms with Crippen molar-refractivity contribution >= 4 is 40.6 Å². The van der Waals surface area contributed by atoms with E-state index < -0.39 is 24.0 Å². The Morgan fingerprint density at radius 2 is 1.86 bits per heavy atom. The van der Waals surface area contributed by atoms with Gasteiger partial charge in [-0.05, 0) is 12.8 Å². The summed E-state index contributed by atoms with van der Waals surface area (Å²) in [5, 5.41) is 9.56. The Morgan fingerprint density at radius 3 is 2.38 bits per heavy atom. The van der Waals surface area contributed by atoms with Gasteiger partial charge in [0.05, 0.1) is 5.92 Å². The van der Waals surface area contributed by atoms with E-state index in [1.54, 1.807) is 18.7 Å². The second-order valence-corrected chi connectivity index (χ2v) is 7.74. The molecular weight excluding hydrogens is 312 g/mol. The molecule has 7 heteroatoms. The molecule has 0 spiro atoms. The van der Waals surface area contributed by atoms with Crippen LogP contribution in [0.4, 0.5) is 0 Å². The number of hydrogen-bond acceptors (Lipinski definition) is 6. The largest absolute Gasteiger partial charge is 0.478 e. The highest BCUT2D eigenvalue weighted by atomic mass is 32.2. The van der Waals surface area contributed by atoms with Crippen molar-refractivity contribution < 1.29 is 24.2 Å². The van der Waals surface area contributed by atoms with Gasteiger partial charge in [0.25, 0.3) is 0 Å². The van der Waals surface area contributed by atoms with Crippen LogP contribution in [0.5, 0.6) is 0 Å². The van der Waals surface area contributed by atoms with Crippen LogP contribution in [0.15, 0.2) is 0 Å². The molecule has 0 amide bonds. The molecule has 0 heterocycles. The number of carbonyl (C=O) groups is 3. The number of carboxylic acids is 1. The summed E-state index contributed by atoms with van der Waals surface area (Å²) in [4.78, 5) is 33.9.